The van der Waals surface area contributed by atoms with Gasteiger partial charge in [-0.1, -0.05) is 0 Å². The fourth-order valence-electron chi connectivity index (χ4n) is 3.25. The molecule has 0 aliphatic heterocycles. The maximum atomic E-state index is 11.9. The van der Waals surface area contributed by atoms with E-state index in [1.165, 1.54) is 20.8 Å². The summed E-state index contributed by atoms with van der Waals surface area (Å²) in [6.07, 6.45) is 0. The molecule has 51 heavy (non-hydrogen) atoms. The Labute approximate surface area is 303 Å². The van der Waals surface area contributed by atoms with Crippen LogP contribution in [-0.4, -0.2) is 137 Å². The second-order valence-electron chi connectivity index (χ2n) is 14.5. The van der Waals surface area contributed by atoms with Gasteiger partial charge in [0.2, 0.25) is 0 Å². The van der Waals surface area contributed by atoms with Crippen LogP contribution in [0, 0.1) is 16.2 Å². The Morgan fingerprint density at radius 3 is 0.843 bits per heavy atom. The largest absolute Gasteiger partial charge is 0.465 e. The number of rotatable bonds is 20. The fraction of sp³-hybridized carbons (Fsp3) is 0.800. The molecule has 0 rings (SSSR count). The van der Waals surface area contributed by atoms with Crippen LogP contribution in [0.5, 0.6) is 0 Å². The Balaban J connectivity index is 0. The van der Waals surface area contributed by atoms with Gasteiger partial charge < -0.3 is 33.2 Å². The maximum Gasteiger partial charge on any atom is 0.344 e. The van der Waals surface area contributed by atoms with Gasteiger partial charge in [-0.2, -0.15) is 0 Å². The lowest BCUT2D eigenvalue weighted by molar-refractivity contribution is -0.157. The average Bonchev–Trinajstić information content (AvgIpc) is 2.97. The van der Waals surface area contributed by atoms with Crippen LogP contribution in [0.15, 0.2) is 0 Å². The zero-order valence-corrected chi connectivity index (χ0v) is 32.8. The quantitative estimate of drug-likeness (QED) is 0.131. The van der Waals surface area contributed by atoms with Crippen LogP contribution < -0.4 is 0 Å². The topological polar surface area (TPSA) is 191 Å². The van der Waals surface area contributed by atoms with E-state index in [0.717, 1.165) is 0 Å². The molecule has 16 heteroatoms. The van der Waals surface area contributed by atoms with Gasteiger partial charge in [-0.15, -0.1) is 0 Å². The normalized spacial score (nSPS) is 11.5. The predicted octanol–water partition coefficient (Wildman–Crippen LogP) is 2.58. The van der Waals surface area contributed by atoms with Gasteiger partial charge in [-0.25, -0.2) is 4.79 Å². The molecular formula is C35H62N2O14. The minimum atomic E-state index is -0.653. The Bertz CT molecular complexity index is 1010. The van der Waals surface area contributed by atoms with Gasteiger partial charge in [-0.3, -0.25) is 38.6 Å². The third-order valence-corrected chi connectivity index (χ3v) is 6.25. The van der Waals surface area contributed by atoms with E-state index >= 15 is 0 Å². The minimum Gasteiger partial charge on any atom is -0.465 e. The van der Waals surface area contributed by atoms with Crippen LogP contribution in [0.1, 0.15) is 83.1 Å². The third-order valence-electron chi connectivity index (χ3n) is 6.25. The first-order valence-corrected chi connectivity index (χ1v) is 16.9. The van der Waals surface area contributed by atoms with E-state index in [2.05, 4.69) is 4.74 Å². The highest BCUT2D eigenvalue weighted by atomic mass is 16.6. The monoisotopic (exact) mass is 734 g/mol. The van der Waals surface area contributed by atoms with E-state index in [0.29, 0.717) is 39.3 Å². The SMILES string of the molecule is CC(=O)OCCN(CCOC(C)=O)CCOC(=O)COC(C)=O.CC(C)(C)C(=O)OCCN(CCOC(=O)C(C)(C)C)CCOC(=O)C(C)(C)C. The number of nitrogens with zero attached hydrogens (tertiary/aromatic N) is 2. The zero-order chi connectivity index (χ0) is 39.8. The lowest BCUT2D eigenvalue weighted by Gasteiger charge is -2.25. The summed E-state index contributed by atoms with van der Waals surface area (Å²) in [5, 5.41) is 0. The van der Waals surface area contributed by atoms with Crippen molar-refractivity contribution in [3.05, 3.63) is 0 Å². The van der Waals surface area contributed by atoms with E-state index in [4.69, 9.17) is 28.4 Å². The molecule has 16 nitrogen and oxygen atoms in total. The highest BCUT2D eigenvalue weighted by molar-refractivity contribution is 5.76. The molecule has 0 fully saturated rings. The van der Waals surface area contributed by atoms with Crippen LogP contribution in [0.2, 0.25) is 0 Å². The number of hydrogen-bond donors (Lipinski definition) is 0. The van der Waals surface area contributed by atoms with Gasteiger partial charge in [0.05, 0.1) is 16.2 Å². The van der Waals surface area contributed by atoms with Crippen LogP contribution in [0.3, 0.4) is 0 Å². The summed E-state index contributed by atoms with van der Waals surface area (Å²) in [7, 11) is 0. The molecule has 0 heterocycles. The predicted molar refractivity (Wildman–Crippen MR) is 185 cm³/mol. The molecule has 0 saturated heterocycles. The molecule has 0 aromatic rings. The summed E-state index contributed by atoms with van der Waals surface area (Å²) in [5.41, 5.74) is -1.68. The van der Waals surface area contributed by atoms with Crippen molar-refractivity contribution in [2.24, 2.45) is 16.2 Å². The Kier molecular flexibility index (Phi) is 24.4. The lowest BCUT2D eigenvalue weighted by Crippen LogP contribution is -2.37. The summed E-state index contributed by atoms with van der Waals surface area (Å²) in [5.74, 6) is -2.82. The van der Waals surface area contributed by atoms with Crippen LogP contribution in [0.4, 0.5) is 0 Å². The second-order valence-corrected chi connectivity index (χ2v) is 14.5. The zero-order valence-electron chi connectivity index (χ0n) is 32.8. The molecule has 0 unspecified atom stereocenters. The maximum absolute atomic E-state index is 11.9. The molecule has 0 aromatic carbocycles. The van der Waals surface area contributed by atoms with Crippen molar-refractivity contribution < 1.29 is 66.7 Å². The van der Waals surface area contributed by atoms with Crippen molar-refractivity contribution in [3.8, 4) is 0 Å². The van der Waals surface area contributed by atoms with E-state index in [-0.39, 0.29) is 57.5 Å². The number of ether oxygens (including phenoxy) is 7. The first-order valence-electron chi connectivity index (χ1n) is 16.9. The molecule has 0 amide bonds. The van der Waals surface area contributed by atoms with Gasteiger partial charge in [-0.05, 0) is 62.3 Å². The third kappa shape index (κ3) is 29.6. The average molecular weight is 735 g/mol. The second kappa shape index (κ2) is 25.2. The van der Waals surface area contributed by atoms with Crippen molar-refractivity contribution in [2.45, 2.75) is 83.1 Å². The molecule has 0 saturated carbocycles. The van der Waals surface area contributed by atoms with Crippen LogP contribution in [0.25, 0.3) is 0 Å². The van der Waals surface area contributed by atoms with Crippen LogP contribution in [-0.2, 0) is 66.7 Å². The van der Waals surface area contributed by atoms with Gasteiger partial charge in [0.15, 0.2) is 6.61 Å². The van der Waals surface area contributed by atoms with E-state index in [9.17, 15) is 33.6 Å². The Morgan fingerprint density at radius 2 is 0.608 bits per heavy atom. The molecule has 0 N–H and O–H groups in total. The highest BCUT2D eigenvalue weighted by Crippen LogP contribution is 2.17. The molecule has 0 spiro atoms. The van der Waals surface area contributed by atoms with Gasteiger partial charge >= 0.3 is 41.8 Å². The van der Waals surface area contributed by atoms with Gasteiger partial charge in [0, 0.05) is 60.0 Å². The molecule has 0 aromatic heterocycles. The van der Waals surface area contributed by atoms with E-state index < -0.39 is 46.7 Å². The molecule has 0 atom stereocenters. The number of carbonyl (C=O) groups is 7. The van der Waals surface area contributed by atoms with Crippen molar-refractivity contribution in [2.75, 3.05) is 85.5 Å². The first-order chi connectivity index (χ1) is 23.4. The van der Waals surface area contributed by atoms with Crippen molar-refractivity contribution in [1.29, 1.82) is 0 Å². The number of hydrogen-bond acceptors (Lipinski definition) is 16. The Morgan fingerprint density at radius 1 is 0.373 bits per heavy atom. The van der Waals surface area contributed by atoms with E-state index in [1.54, 1.807) is 62.3 Å². The summed E-state index contributed by atoms with van der Waals surface area (Å²) < 4.78 is 35.0. The summed E-state index contributed by atoms with van der Waals surface area (Å²) >= 11 is 0. The van der Waals surface area contributed by atoms with Gasteiger partial charge in [0.25, 0.3) is 0 Å². The molecule has 0 aliphatic carbocycles. The van der Waals surface area contributed by atoms with E-state index in [1.807, 2.05) is 9.80 Å². The van der Waals surface area contributed by atoms with Gasteiger partial charge in [0.1, 0.15) is 39.6 Å². The molecule has 296 valence electrons. The molecule has 0 aliphatic rings. The molecule has 0 bridgehead atoms. The summed E-state index contributed by atoms with van der Waals surface area (Å²) in [6, 6.07) is 0. The first kappa shape index (κ1) is 49.3. The highest BCUT2D eigenvalue weighted by Gasteiger charge is 2.25. The lowest BCUT2D eigenvalue weighted by atomic mass is 9.97. The van der Waals surface area contributed by atoms with Crippen molar-refractivity contribution in [3.63, 3.8) is 0 Å². The smallest absolute Gasteiger partial charge is 0.344 e. The molecular weight excluding hydrogens is 672 g/mol. The fourth-order valence-corrected chi connectivity index (χ4v) is 3.25. The molecule has 0 radical (unpaired) electrons. The number of esters is 7. The summed E-state index contributed by atoms with van der Waals surface area (Å²) in [6.45, 7) is 23.2. The minimum absolute atomic E-state index is 0.0697. The van der Waals surface area contributed by atoms with Crippen molar-refractivity contribution in [1.82, 2.24) is 9.80 Å². The van der Waals surface area contributed by atoms with Crippen molar-refractivity contribution >= 4 is 41.8 Å². The Hall–Kier alpha value is -3.79. The summed E-state index contributed by atoms with van der Waals surface area (Å²) in [4.78, 5) is 82.7. The number of carbonyl (C=O) groups excluding carboxylic acids is 7. The standard InChI is InChI=1S/C21H39NO6.C14H23NO8/c1-19(2,3)16(23)26-13-10-22(11-14-27-17(24)20(4,5)6)12-15-28-18(25)21(7,8)9;1-11(16)20-7-4-15(5-8-21-12(2)17)6-9-22-14(19)10-23-13(3)18/h10-15H2,1-9H3;4-10H2,1-3H3. The van der Waals surface area contributed by atoms with Crippen LogP contribution >= 0.6 is 0 Å².